The zero-order valence-electron chi connectivity index (χ0n) is 9.51. The number of aliphatic hydroxyl groups is 1. The minimum absolute atomic E-state index is 0.528. The minimum atomic E-state index is -0.528. The molecule has 1 aromatic carbocycles. The fourth-order valence-corrected chi connectivity index (χ4v) is 2.28. The van der Waals surface area contributed by atoms with Crippen LogP contribution in [0.25, 0.3) is 0 Å². The molecular formula is C13H19NO. The van der Waals surface area contributed by atoms with Crippen molar-refractivity contribution in [1.82, 2.24) is 5.32 Å². The number of β-amino-alcohol motifs (C(OH)–C–C–N with tert-alkyl or cyclic N) is 1. The van der Waals surface area contributed by atoms with E-state index in [2.05, 4.69) is 37.4 Å². The lowest BCUT2D eigenvalue weighted by Crippen LogP contribution is -2.34. The van der Waals surface area contributed by atoms with Crippen molar-refractivity contribution in [3.8, 4) is 0 Å². The molecule has 1 aliphatic rings. The zero-order chi connectivity index (χ0) is 10.9. The Bertz CT molecular complexity index is 354. The summed E-state index contributed by atoms with van der Waals surface area (Å²) >= 11 is 0. The summed E-state index contributed by atoms with van der Waals surface area (Å²) in [5.74, 6) is 0. The van der Waals surface area contributed by atoms with Crippen molar-refractivity contribution in [3.05, 3.63) is 34.9 Å². The van der Waals surface area contributed by atoms with Gasteiger partial charge in [0.25, 0.3) is 0 Å². The zero-order valence-corrected chi connectivity index (χ0v) is 9.51. The quantitative estimate of drug-likeness (QED) is 0.768. The molecule has 0 radical (unpaired) electrons. The van der Waals surface area contributed by atoms with Gasteiger partial charge in [-0.3, -0.25) is 0 Å². The molecular weight excluding hydrogens is 186 g/mol. The second kappa shape index (κ2) is 3.95. The molecule has 1 fully saturated rings. The summed E-state index contributed by atoms with van der Waals surface area (Å²) in [5, 5.41) is 13.5. The monoisotopic (exact) mass is 205 g/mol. The molecule has 0 spiro atoms. The maximum atomic E-state index is 10.3. The Morgan fingerprint density at radius 2 is 2.20 bits per heavy atom. The SMILES string of the molecule is Cc1ccc(CC2(O)CCNC2)c(C)c1. The van der Waals surface area contributed by atoms with Crippen molar-refractivity contribution in [2.24, 2.45) is 0 Å². The first-order chi connectivity index (χ1) is 7.09. The van der Waals surface area contributed by atoms with E-state index in [1.807, 2.05) is 0 Å². The first-order valence-corrected chi connectivity index (χ1v) is 5.58. The molecule has 1 aliphatic heterocycles. The number of benzene rings is 1. The van der Waals surface area contributed by atoms with Gasteiger partial charge >= 0.3 is 0 Å². The van der Waals surface area contributed by atoms with E-state index in [4.69, 9.17) is 0 Å². The Morgan fingerprint density at radius 1 is 1.40 bits per heavy atom. The van der Waals surface area contributed by atoms with Gasteiger partial charge < -0.3 is 10.4 Å². The third kappa shape index (κ3) is 2.39. The molecule has 1 atom stereocenters. The van der Waals surface area contributed by atoms with Crippen molar-refractivity contribution >= 4 is 0 Å². The molecule has 1 aromatic rings. The van der Waals surface area contributed by atoms with Crippen LogP contribution in [-0.4, -0.2) is 23.8 Å². The summed E-state index contributed by atoms with van der Waals surface area (Å²) in [6.45, 7) is 5.87. The number of rotatable bonds is 2. The van der Waals surface area contributed by atoms with Crippen molar-refractivity contribution in [3.63, 3.8) is 0 Å². The van der Waals surface area contributed by atoms with Crippen LogP contribution in [0.1, 0.15) is 23.1 Å². The smallest absolute Gasteiger partial charge is 0.0823 e. The van der Waals surface area contributed by atoms with Gasteiger partial charge in [0.2, 0.25) is 0 Å². The lowest BCUT2D eigenvalue weighted by molar-refractivity contribution is 0.0617. The Labute approximate surface area is 91.3 Å². The molecule has 0 aromatic heterocycles. The molecule has 1 saturated heterocycles. The van der Waals surface area contributed by atoms with E-state index in [0.717, 1.165) is 25.9 Å². The van der Waals surface area contributed by atoms with E-state index < -0.39 is 5.60 Å². The predicted molar refractivity (Wildman–Crippen MR) is 62.1 cm³/mol. The van der Waals surface area contributed by atoms with Crippen LogP contribution in [0.5, 0.6) is 0 Å². The molecule has 1 unspecified atom stereocenters. The molecule has 2 N–H and O–H groups in total. The van der Waals surface area contributed by atoms with Crippen molar-refractivity contribution in [2.75, 3.05) is 13.1 Å². The average molecular weight is 205 g/mol. The second-order valence-electron chi connectivity index (χ2n) is 4.76. The van der Waals surface area contributed by atoms with Crippen LogP contribution in [0.2, 0.25) is 0 Å². The van der Waals surface area contributed by atoms with Crippen LogP contribution in [0.15, 0.2) is 18.2 Å². The molecule has 0 bridgehead atoms. The molecule has 2 nitrogen and oxygen atoms in total. The van der Waals surface area contributed by atoms with Crippen LogP contribution >= 0.6 is 0 Å². The molecule has 82 valence electrons. The van der Waals surface area contributed by atoms with E-state index >= 15 is 0 Å². The summed E-state index contributed by atoms with van der Waals surface area (Å²) in [7, 11) is 0. The van der Waals surface area contributed by atoms with Gasteiger partial charge in [0.05, 0.1) is 5.60 Å². The van der Waals surface area contributed by atoms with Crippen molar-refractivity contribution in [1.29, 1.82) is 0 Å². The van der Waals surface area contributed by atoms with Gasteiger partial charge in [-0.1, -0.05) is 23.8 Å². The summed E-state index contributed by atoms with van der Waals surface area (Å²) in [6, 6.07) is 6.44. The normalized spacial score (nSPS) is 25.8. The third-order valence-corrected chi connectivity index (χ3v) is 3.24. The molecule has 15 heavy (non-hydrogen) atoms. The van der Waals surface area contributed by atoms with E-state index in [9.17, 15) is 5.11 Å². The number of hydrogen-bond acceptors (Lipinski definition) is 2. The maximum absolute atomic E-state index is 10.3. The van der Waals surface area contributed by atoms with E-state index in [1.54, 1.807) is 0 Å². The highest BCUT2D eigenvalue weighted by atomic mass is 16.3. The van der Waals surface area contributed by atoms with Crippen LogP contribution in [0.4, 0.5) is 0 Å². The fourth-order valence-electron chi connectivity index (χ4n) is 2.28. The summed E-state index contributed by atoms with van der Waals surface area (Å²) < 4.78 is 0. The van der Waals surface area contributed by atoms with Gasteiger partial charge in [-0.15, -0.1) is 0 Å². The Balaban J connectivity index is 2.16. The highest BCUT2D eigenvalue weighted by molar-refractivity contribution is 5.31. The highest BCUT2D eigenvalue weighted by Gasteiger charge is 2.31. The maximum Gasteiger partial charge on any atom is 0.0823 e. The molecule has 1 heterocycles. The molecule has 2 rings (SSSR count). The van der Waals surface area contributed by atoms with E-state index in [0.29, 0.717) is 0 Å². The van der Waals surface area contributed by atoms with Gasteiger partial charge in [-0.05, 0) is 37.9 Å². The minimum Gasteiger partial charge on any atom is -0.388 e. The molecule has 2 heteroatoms. The lowest BCUT2D eigenvalue weighted by Gasteiger charge is -2.22. The standard InChI is InChI=1S/C13H19NO/c1-10-3-4-12(11(2)7-10)8-13(15)5-6-14-9-13/h3-4,7,14-15H,5-6,8-9H2,1-2H3. The predicted octanol–water partition coefficient (Wildman–Crippen LogP) is 1.57. The Hall–Kier alpha value is -0.860. The Kier molecular flexibility index (Phi) is 2.81. The first-order valence-electron chi connectivity index (χ1n) is 5.58. The lowest BCUT2D eigenvalue weighted by atomic mass is 9.91. The van der Waals surface area contributed by atoms with Crippen LogP contribution in [0, 0.1) is 13.8 Å². The topological polar surface area (TPSA) is 32.3 Å². The van der Waals surface area contributed by atoms with Gasteiger partial charge in [-0.25, -0.2) is 0 Å². The van der Waals surface area contributed by atoms with Gasteiger partial charge in [0.1, 0.15) is 0 Å². The van der Waals surface area contributed by atoms with Crippen LogP contribution in [-0.2, 0) is 6.42 Å². The number of aryl methyl sites for hydroxylation is 2. The Morgan fingerprint density at radius 3 is 2.80 bits per heavy atom. The summed E-state index contributed by atoms with van der Waals surface area (Å²) in [4.78, 5) is 0. The number of nitrogens with one attached hydrogen (secondary N) is 1. The van der Waals surface area contributed by atoms with Crippen molar-refractivity contribution in [2.45, 2.75) is 32.3 Å². The fraction of sp³-hybridized carbons (Fsp3) is 0.538. The number of hydrogen-bond donors (Lipinski definition) is 2. The third-order valence-electron chi connectivity index (χ3n) is 3.24. The average Bonchev–Trinajstić information content (AvgIpc) is 2.58. The summed E-state index contributed by atoms with van der Waals surface area (Å²) in [5.41, 5.74) is 3.31. The molecule has 0 amide bonds. The first kappa shape index (κ1) is 10.7. The van der Waals surface area contributed by atoms with Gasteiger partial charge in [0.15, 0.2) is 0 Å². The second-order valence-corrected chi connectivity index (χ2v) is 4.76. The summed E-state index contributed by atoms with van der Waals surface area (Å²) in [6.07, 6.45) is 1.63. The van der Waals surface area contributed by atoms with E-state index in [-0.39, 0.29) is 0 Å². The van der Waals surface area contributed by atoms with E-state index in [1.165, 1.54) is 16.7 Å². The van der Waals surface area contributed by atoms with Gasteiger partial charge in [-0.2, -0.15) is 0 Å². The largest absolute Gasteiger partial charge is 0.388 e. The van der Waals surface area contributed by atoms with Crippen molar-refractivity contribution < 1.29 is 5.11 Å². The van der Waals surface area contributed by atoms with Gasteiger partial charge in [0, 0.05) is 13.0 Å². The highest BCUT2D eigenvalue weighted by Crippen LogP contribution is 2.22. The molecule has 0 saturated carbocycles. The molecule has 0 aliphatic carbocycles. The van der Waals surface area contributed by atoms with Crippen LogP contribution in [0.3, 0.4) is 0 Å². The van der Waals surface area contributed by atoms with Crippen LogP contribution < -0.4 is 5.32 Å².